The number of para-hydroxylation sites is 1. The molecule has 0 amide bonds. The van der Waals surface area contributed by atoms with Crippen LogP contribution in [0.15, 0.2) is 29.3 Å². The van der Waals surface area contributed by atoms with Crippen LogP contribution in [0.3, 0.4) is 0 Å². The van der Waals surface area contributed by atoms with E-state index in [1.807, 2.05) is 6.92 Å². The number of benzene rings is 1. The van der Waals surface area contributed by atoms with Gasteiger partial charge in [-0.1, -0.05) is 18.2 Å². The molecule has 0 bridgehead atoms. The standard InChI is InChI=1S/C14H22F2N4O3S.HI/c1-3-17-14(18-8-9-20-24(2,21)22)19-10-11-6-4-5-7-12(11)23-13(15)16;/h4-7,13,20H,3,8-10H2,1-2H3,(H2,17,18,19);1H. The van der Waals surface area contributed by atoms with Crippen molar-refractivity contribution in [3.8, 4) is 5.75 Å². The van der Waals surface area contributed by atoms with Crippen LogP contribution in [0.1, 0.15) is 12.5 Å². The summed E-state index contributed by atoms with van der Waals surface area (Å²) < 4.78 is 53.5. The van der Waals surface area contributed by atoms with Crippen molar-refractivity contribution in [2.75, 3.05) is 25.9 Å². The lowest BCUT2D eigenvalue weighted by Gasteiger charge is -2.12. The summed E-state index contributed by atoms with van der Waals surface area (Å²) in [6.07, 6.45) is 1.08. The molecule has 0 atom stereocenters. The molecule has 1 aromatic carbocycles. The Morgan fingerprint density at radius 2 is 1.92 bits per heavy atom. The number of nitrogens with zero attached hydrogens (tertiary/aromatic N) is 1. The van der Waals surface area contributed by atoms with Gasteiger partial charge in [-0.05, 0) is 13.0 Å². The third kappa shape index (κ3) is 11.1. The number of ether oxygens (including phenoxy) is 1. The van der Waals surface area contributed by atoms with Crippen LogP contribution in [0.5, 0.6) is 5.75 Å². The third-order valence-corrected chi connectivity index (χ3v) is 3.45. The minimum Gasteiger partial charge on any atom is -0.434 e. The summed E-state index contributed by atoms with van der Waals surface area (Å²) in [6, 6.07) is 6.41. The van der Waals surface area contributed by atoms with Crippen molar-refractivity contribution in [1.29, 1.82) is 0 Å². The fraction of sp³-hybridized carbons (Fsp3) is 0.500. The molecule has 0 aromatic heterocycles. The molecule has 25 heavy (non-hydrogen) atoms. The molecule has 1 aromatic rings. The maximum Gasteiger partial charge on any atom is 0.387 e. The van der Waals surface area contributed by atoms with Crippen LogP contribution in [0.2, 0.25) is 0 Å². The highest BCUT2D eigenvalue weighted by Gasteiger charge is 2.09. The molecule has 0 aliphatic rings. The van der Waals surface area contributed by atoms with Gasteiger partial charge in [-0.15, -0.1) is 24.0 Å². The van der Waals surface area contributed by atoms with Gasteiger partial charge in [-0.2, -0.15) is 8.78 Å². The van der Waals surface area contributed by atoms with E-state index < -0.39 is 16.6 Å². The Labute approximate surface area is 163 Å². The van der Waals surface area contributed by atoms with Crippen LogP contribution >= 0.6 is 24.0 Å². The second-order valence-corrected chi connectivity index (χ2v) is 6.61. The molecule has 0 fully saturated rings. The Kier molecular flexibility index (Phi) is 11.6. The van der Waals surface area contributed by atoms with Crippen molar-refractivity contribution < 1.29 is 21.9 Å². The summed E-state index contributed by atoms with van der Waals surface area (Å²) in [7, 11) is -3.24. The summed E-state index contributed by atoms with van der Waals surface area (Å²) >= 11 is 0. The Morgan fingerprint density at radius 3 is 2.52 bits per heavy atom. The molecular weight excluding hydrogens is 469 g/mol. The second-order valence-electron chi connectivity index (χ2n) is 4.77. The van der Waals surface area contributed by atoms with Crippen molar-refractivity contribution in [3.05, 3.63) is 29.8 Å². The quantitative estimate of drug-likeness (QED) is 0.211. The van der Waals surface area contributed by atoms with Crippen molar-refractivity contribution in [2.24, 2.45) is 4.99 Å². The van der Waals surface area contributed by atoms with E-state index in [1.54, 1.807) is 18.2 Å². The summed E-state index contributed by atoms with van der Waals surface area (Å²) in [5, 5.41) is 5.93. The Bertz CT molecular complexity index is 645. The lowest BCUT2D eigenvalue weighted by molar-refractivity contribution is -0.0504. The van der Waals surface area contributed by atoms with Crippen LogP contribution in [0.4, 0.5) is 8.78 Å². The number of guanidine groups is 1. The number of sulfonamides is 1. The van der Waals surface area contributed by atoms with E-state index in [9.17, 15) is 17.2 Å². The smallest absolute Gasteiger partial charge is 0.387 e. The van der Waals surface area contributed by atoms with E-state index in [0.29, 0.717) is 24.6 Å². The zero-order valence-corrected chi connectivity index (χ0v) is 17.1. The van der Waals surface area contributed by atoms with Crippen molar-refractivity contribution in [2.45, 2.75) is 20.1 Å². The third-order valence-electron chi connectivity index (χ3n) is 2.72. The topological polar surface area (TPSA) is 91.8 Å². The molecule has 144 valence electrons. The predicted molar refractivity (Wildman–Crippen MR) is 104 cm³/mol. The fourth-order valence-corrected chi connectivity index (χ4v) is 2.24. The fourth-order valence-electron chi connectivity index (χ4n) is 1.77. The average Bonchev–Trinajstić information content (AvgIpc) is 2.48. The van der Waals surface area contributed by atoms with E-state index in [0.717, 1.165) is 6.26 Å². The van der Waals surface area contributed by atoms with E-state index in [2.05, 4.69) is 25.1 Å². The SMILES string of the molecule is CCNC(=NCc1ccccc1OC(F)F)NCCNS(C)(=O)=O.I. The van der Waals surface area contributed by atoms with E-state index in [-0.39, 0.29) is 42.8 Å². The second kappa shape index (κ2) is 12.2. The highest BCUT2D eigenvalue weighted by Crippen LogP contribution is 2.20. The number of aliphatic imine (C=N–C) groups is 1. The van der Waals surface area contributed by atoms with Crippen LogP contribution in [-0.2, 0) is 16.6 Å². The summed E-state index contributed by atoms with van der Waals surface area (Å²) in [5.41, 5.74) is 0.518. The Hall–Kier alpha value is -1.21. The van der Waals surface area contributed by atoms with Crippen molar-refractivity contribution in [3.63, 3.8) is 0 Å². The lowest BCUT2D eigenvalue weighted by atomic mass is 10.2. The van der Waals surface area contributed by atoms with Gasteiger partial charge in [0.05, 0.1) is 12.8 Å². The zero-order chi connectivity index (χ0) is 18.0. The first-order valence-electron chi connectivity index (χ1n) is 7.31. The summed E-state index contributed by atoms with van der Waals surface area (Å²) in [5.74, 6) is 0.519. The molecule has 0 saturated carbocycles. The van der Waals surface area contributed by atoms with Crippen LogP contribution < -0.4 is 20.1 Å². The number of hydrogen-bond acceptors (Lipinski definition) is 4. The van der Waals surface area contributed by atoms with Gasteiger partial charge in [0.15, 0.2) is 5.96 Å². The van der Waals surface area contributed by atoms with Crippen LogP contribution in [-0.4, -0.2) is 46.9 Å². The van der Waals surface area contributed by atoms with Gasteiger partial charge in [0, 0.05) is 25.2 Å². The number of halogens is 3. The monoisotopic (exact) mass is 492 g/mol. The zero-order valence-electron chi connectivity index (χ0n) is 14.0. The minimum absolute atomic E-state index is 0. The molecule has 0 unspecified atom stereocenters. The largest absolute Gasteiger partial charge is 0.434 e. The molecule has 0 aliphatic heterocycles. The van der Waals surface area contributed by atoms with Crippen LogP contribution in [0.25, 0.3) is 0 Å². The van der Waals surface area contributed by atoms with E-state index in [4.69, 9.17) is 0 Å². The first-order valence-corrected chi connectivity index (χ1v) is 9.20. The lowest BCUT2D eigenvalue weighted by Crippen LogP contribution is -2.41. The maximum absolute atomic E-state index is 12.4. The van der Waals surface area contributed by atoms with Gasteiger partial charge in [0.1, 0.15) is 5.75 Å². The van der Waals surface area contributed by atoms with E-state index >= 15 is 0 Å². The molecule has 1 rings (SSSR count). The van der Waals surface area contributed by atoms with Crippen molar-refractivity contribution >= 4 is 40.0 Å². The summed E-state index contributed by atoms with van der Waals surface area (Å²) in [6.45, 7) is 0.240. The highest BCUT2D eigenvalue weighted by atomic mass is 127. The van der Waals surface area contributed by atoms with Crippen molar-refractivity contribution in [1.82, 2.24) is 15.4 Å². The molecular formula is C14H23F2IN4O3S. The van der Waals surface area contributed by atoms with Crippen LogP contribution in [0, 0.1) is 0 Å². The maximum atomic E-state index is 12.4. The molecule has 7 nitrogen and oxygen atoms in total. The molecule has 0 spiro atoms. The first kappa shape index (κ1) is 23.8. The Balaban J connectivity index is 0.00000576. The van der Waals surface area contributed by atoms with Gasteiger partial charge in [0.2, 0.25) is 10.0 Å². The van der Waals surface area contributed by atoms with E-state index in [1.165, 1.54) is 6.07 Å². The molecule has 11 heteroatoms. The van der Waals surface area contributed by atoms with Gasteiger partial charge in [0.25, 0.3) is 0 Å². The minimum atomic E-state index is -3.24. The molecule has 0 saturated heterocycles. The first-order chi connectivity index (χ1) is 11.3. The van der Waals surface area contributed by atoms with Gasteiger partial charge >= 0.3 is 6.61 Å². The number of alkyl halides is 2. The van der Waals surface area contributed by atoms with Gasteiger partial charge < -0.3 is 15.4 Å². The number of hydrogen-bond donors (Lipinski definition) is 3. The number of rotatable bonds is 9. The molecule has 0 heterocycles. The highest BCUT2D eigenvalue weighted by molar-refractivity contribution is 14.0. The predicted octanol–water partition coefficient (Wildman–Crippen LogP) is 1.51. The average molecular weight is 492 g/mol. The molecule has 0 radical (unpaired) electrons. The van der Waals surface area contributed by atoms with Gasteiger partial charge in [-0.25, -0.2) is 18.1 Å². The summed E-state index contributed by atoms with van der Waals surface area (Å²) in [4.78, 5) is 4.28. The normalized spacial score (nSPS) is 11.8. The molecule has 0 aliphatic carbocycles. The number of nitrogens with one attached hydrogen (secondary N) is 3. The molecule has 3 N–H and O–H groups in total. The van der Waals surface area contributed by atoms with Gasteiger partial charge in [-0.3, -0.25) is 0 Å². The Morgan fingerprint density at radius 1 is 1.24 bits per heavy atom.